The first-order valence-corrected chi connectivity index (χ1v) is 24.0. The molecule has 0 radical (unpaired) electrons. The fourth-order valence-corrected chi connectivity index (χ4v) is 9.69. The van der Waals surface area contributed by atoms with Crippen molar-refractivity contribution < 1.29 is 9.31 Å². The van der Waals surface area contributed by atoms with E-state index in [1.165, 1.54) is 22.3 Å². The van der Waals surface area contributed by atoms with E-state index in [0.717, 1.165) is 90.3 Å². The Morgan fingerprint density at radius 3 is 1.21 bits per heavy atom. The molecule has 1 saturated heterocycles. The van der Waals surface area contributed by atoms with Gasteiger partial charge in [-0.25, -0.2) is 19.9 Å². The molecule has 0 atom stereocenters. The number of fused-ring (bicyclic) bond motifs is 3. The minimum atomic E-state index is -0.477. The predicted octanol–water partition coefficient (Wildman–Crippen LogP) is 14.5. The highest BCUT2D eigenvalue weighted by atomic mass is 16.7. The van der Waals surface area contributed by atoms with Gasteiger partial charge >= 0.3 is 7.12 Å². The van der Waals surface area contributed by atoms with Gasteiger partial charge in [0, 0.05) is 33.4 Å². The highest BCUT2D eigenvalue weighted by molar-refractivity contribution is 6.62. The van der Waals surface area contributed by atoms with Crippen LogP contribution in [0, 0.1) is 0 Å². The van der Waals surface area contributed by atoms with Crippen molar-refractivity contribution in [1.82, 2.24) is 19.9 Å². The normalized spacial score (nSPS) is 14.3. The Labute approximate surface area is 409 Å². The smallest absolute Gasteiger partial charge is 0.399 e. The maximum absolute atomic E-state index is 6.59. The van der Waals surface area contributed by atoms with E-state index in [0.29, 0.717) is 11.6 Å². The minimum absolute atomic E-state index is 0.455. The van der Waals surface area contributed by atoms with E-state index in [9.17, 15) is 0 Å². The second-order valence-electron chi connectivity index (χ2n) is 19.3. The maximum atomic E-state index is 6.59. The lowest BCUT2D eigenvalue weighted by Crippen LogP contribution is -2.41. The first kappa shape index (κ1) is 43.2. The second kappa shape index (κ2) is 17.5. The van der Waals surface area contributed by atoms with Crippen LogP contribution in [0.5, 0.6) is 0 Å². The van der Waals surface area contributed by atoms with Crippen molar-refractivity contribution in [3.63, 3.8) is 0 Å². The molecule has 1 fully saturated rings. The monoisotopic (exact) mass is 904 g/mol. The van der Waals surface area contributed by atoms with Crippen molar-refractivity contribution in [2.45, 2.75) is 45.3 Å². The first-order valence-electron chi connectivity index (χ1n) is 24.0. The van der Waals surface area contributed by atoms with E-state index in [-0.39, 0.29) is 0 Å². The third-order valence-electron chi connectivity index (χ3n) is 14.2. The Hall–Kier alpha value is -8.10. The maximum Gasteiger partial charge on any atom is 0.494 e. The van der Waals surface area contributed by atoms with Gasteiger partial charge in [0.1, 0.15) is 0 Å². The van der Waals surface area contributed by atoms with Gasteiger partial charge in [0.2, 0.25) is 0 Å². The summed E-state index contributed by atoms with van der Waals surface area (Å²) < 4.78 is 13.2. The van der Waals surface area contributed by atoms with Crippen LogP contribution in [0.15, 0.2) is 212 Å². The zero-order chi connectivity index (χ0) is 47.4. The summed E-state index contributed by atoms with van der Waals surface area (Å²) in [7, 11) is -0.477. The number of hydrogen-bond donors (Lipinski definition) is 0. The van der Waals surface area contributed by atoms with Crippen molar-refractivity contribution in [2.75, 3.05) is 0 Å². The molecule has 1 aliphatic heterocycles. The summed E-state index contributed by atoms with van der Waals surface area (Å²) in [6.45, 7) is 8.42. The predicted molar refractivity (Wildman–Crippen MR) is 285 cm³/mol. The van der Waals surface area contributed by atoms with Crippen molar-refractivity contribution in [1.29, 1.82) is 0 Å². The lowest BCUT2D eigenvalue weighted by molar-refractivity contribution is 0.00578. The van der Waals surface area contributed by atoms with Crippen molar-refractivity contribution in [2.24, 2.45) is 0 Å². The third kappa shape index (κ3) is 8.13. The lowest BCUT2D eigenvalue weighted by Gasteiger charge is -2.32. The topological polar surface area (TPSA) is 70.0 Å². The average molecular weight is 905 g/mol. The number of benzene rings is 8. The molecule has 0 unspecified atom stereocenters. The van der Waals surface area contributed by atoms with Crippen LogP contribution >= 0.6 is 0 Å². The molecule has 336 valence electrons. The van der Waals surface area contributed by atoms with Gasteiger partial charge in [0.25, 0.3) is 0 Å². The molecule has 0 bridgehead atoms. The highest BCUT2D eigenvalue weighted by Crippen LogP contribution is 2.46. The van der Waals surface area contributed by atoms with Crippen molar-refractivity contribution in [3.05, 3.63) is 223 Å². The average Bonchev–Trinajstić information content (AvgIpc) is 3.90. The largest absolute Gasteiger partial charge is 0.494 e. The van der Waals surface area contributed by atoms with Crippen molar-refractivity contribution >= 4 is 12.6 Å². The van der Waals surface area contributed by atoms with Crippen LogP contribution in [0.3, 0.4) is 0 Å². The summed E-state index contributed by atoms with van der Waals surface area (Å²) in [4.78, 5) is 20.8. The van der Waals surface area contributed by atoms with Crippen LogP contribution in [0.4, 0.5) is 0 Å². The van der Waals surface area contributed by atoms with E-state index in [1.54, 1.807) is 0 Å². The summed E-state index contributed by atoms with van der Waals surface area (Å²) >= 11 is 0. The highest BCUT2D eigenvalue weighted by Gasteiger charge is 2.52. The molecule has 0 N–H and O–H groups in total. The summed E-state index contributed by atoms with van der Waals surface area (Å²) in [6.07, 6.45) is 0.786. The Morgan fingerprint density at radius 1 is 0.343 bits per heavy atom. The summed E-state index contributed by atoms with van der Waals surface area (Å²) in [5.41, 5.74) is 19.0. The van der Waals surface area contributed by atoms with E-state index in [2.05, 4.69) is 191 Å². The molecule has 3 heterocycles. The van der Waals surface area contributed by atoms with Gasteiger partial charge in [-0.15, -0.1) is 0 Å². The van der Waals surface area contributed by atoms with Gasteiger partial charge < -0.3 is 9.31 Å². The summed E-state index contributed by atoms with van der Waals surface area (Å²) in [6, 6.07) is 74.3. The van der Waals surface area contributed by atoms with Gasteiger partial charge in [-0.2, -0.15) is 0 Å². The molecule has 70 heavy (non-hydrogen) atoms. The fourth-order valence-electron chi connectivity index (χ4n) is 9.69. The van der Waals surface area contributed by atoms with Crippen LogP contribution < -0.4 is 5.46 Å². The van der Waals surface area contributed by atoms with Crippen LogP contribution in [0.2, 0.25) is 0 Å². The molecule has 8 aromatic carbocycles. The van der Waals surface area contributed by atoms with Gasteiger partial charge in [0.15, 0.2) is 11.6 Å². The molecule has 10 aromatic rings. The van der Waals surface area contributed by atoms with E-state index >= 15 is 0 Å². The summed E-state index contributed by atoms with van der Waals surface area (Å²) in [5.74, 6) is 1.34. The van der Waals surface area contributed by atoms with Crippen LogP contribution in [-0.2, 0) is 15.7 Å². The fraction of sp³-hybridized carbons (Fsp3) is 0.111. The quantitative estimate of drug-likeness (QED) is 0.134. The Morgan fingerprint density at radius 2 is 0.743 bits per heavy atom. The molecule has 2 aliphatic rings. The molecule has 2 aromatic heterocycles. The SMILES string of the molecule is CC1(C)OB(c2ccc3c(c2)-c2cc(-c4cccc(-c5nc(-c6ccccc6)cc(-c6ccccc6)n5)c4)cc(-c4cccc(-c5nc(-c6ccccc6)cc(-c6ccccc6)n5)c4)c2C3)OC1(C)C. The first-order chi connectivity index (χ1) is 34.1. The zero-order valence-corrected chi connectivity index (χ0v) is 39.6. The molecule has 0 saturated carbocycles. The van der Waals surface area contributed by atoms with Gasteiger partial charge in [-0.1, -0.05) is 176 Å². The Kier molecular flexibility index (Phi) is 10.8. The molecule has 1 aliphatic carbocycles. The standard InChI is InChI=1S/C63H49BN4O2/c1-62(2)63(3,4)70-64(69-62)51-32-31-47-35-54-52(46-28-18-30-49(34-46)61-67-58(43-23-13-7-14-24-43)40-59(68-61)44-25-15-8-16-26-44)36-50(37-55(54)53(47)38-51)45-27-17-29-48(33-45)60-65-56(41-19-9-5-10-20-41)39-57(66-60)42-21-11-6-12-22-42/h5-34,36-40H,35H2,1-4H3. The minimum Gasteiger partial charge on any atom is -0.399 e. The molecule has 6 nitrogen and oxygen atoms in total. The second-order valence-corrected chi connectivity index (χ2v) is 19.3. The molecule has 12 rings (SSSR count). The summed E-state index contributed by atoms with van der Waals surface area (Å²) in [5, 5.41) is 0. The van der Waals surface area contributed by atoms with Crippen LogP contribution in [0.25, 0.3) is 101 Å². The molecule has 0 spiro atoms. The van der Waals surface area contributed by atoms with Gasteiger partial charge in [-0.3, -0.25) is 0 Å². The van der Waals surface area contributed by atoms with Crippen LogP contribution in [-0.4, -0.2) is 38.3 Å². The van der Waals surface area contributed by atoms with Gasteiger partial charge in [-0.05, 0) is 120 Å². The van der Waals surface area contributed by atoms with Crippen molar-refractivity contribution in [3.8, 4) is 101 Å². The van der Waals surface area contributed by atoms with Gasteiger partial charge in [0.05, 0.1) is 34.0 Å². The van der Waals surface area contributed by atoms with E-state index in [4.69, 9.17) is 29.2 Å². The molecule has 7 heteroatoms. The molecular formula is C63H49BN4O2. The Bertz CT molecular complexity index is 3450. The van der Waals surface area contributed by atoms with E-state index < -0.39 is 18.3 Å². The van der Waals surface area contributed by atoms with E-state index in [1.807, 2.05) is 48.5 Å². The zero-order valence-electron chi connectivity index (χ0n) is 39.6. The number of rotatable bonds is 9. The number of nitrogens with zero attached hydrogens (tertiary/aromatic N) is 4. The number of aromatic nitrogens is 4. The van der Waals surface area contributed by atoms with Crippen LogP contribution in [0.1, 0.15) is 38.8 Å². The molecule has 0 amide bonds. The molecular weight excluding hydrogens is 856 g/mol. The lowest BCUT2D eigenvalue weighted by atomic mass is 9.77. The third-order valence-corrected chi connectivity index (χ3v) is 14.2. The number of hydrogen-bond acceptors (Lipinski definition) is 6. The Balaban J connectivity index is 1.01.